The van der Waals surface area contributed by atoms with Crippen molar-refractivity contribution in [2.75, 3.05) is 5.32 Å². The van der Waals surface area contributed by atoms with E-state index in [1.165, 1.54) is 12.1 Å². The molecule has 0 spiro atoms. The van der Waals surface area contributed by atoms with Crippen molar-refractivity contribution in [2.45, 2.75) is 32.7 Å². The SMILES string of the molecule is CC1=Nc2cc(F)ccc2NC(C)(C)C1. The normalized spacial score (nSPS) is 18.5. The Bertz CT molecular complexity index is 422. The number of halogens is 1. The van der Waals surface area contributed by atoms with Crippen LogP contribution in [0.25, 0.3) is 0 Å². The first-order valence-electron chi connectivity index (χ1n) is 5.08. The second-order valence-electron chi connectivity index (χ2n) is 4.69. The van der Waals surface area contributed by atoms with Gasteiger partial charge < -0.3 is 5.32 Å². The molecule has 0 atom stereocenters. The number of rotatable bonds is 0. The molecule has 1 aromatic rings. The summed E-state index contributed by atoms with van der Waals surface area (Å²) >= 11 is 0. The molecule has 0 saturated carbocycles. The van der Waals surface area contributed by atoms with Gasteiger partial charge in [-0.05, 0) is 32.9 Å². The fourth-order valence-corrected chi connectivity index (χ4v) is 2.00. The summed E-state index contributed by atoms with van der Waals surface area (Å²) in [6.45, 7) is 6.21. The van der Waals surface area contributed by atoms with E-state index in [1.54, 1.807) is 6.07 Å². The average molecular weight is 206 g/mol. The van der Waals surface area contributed by atoms with E-state index < -0.39 is 0 Å². The van der Waals surface area contributed by atoms with Crippen molar-refractivity contribution in [2.24, 2.45) is 4.99 Å². The lowest BCUT2D eigenvalue weighted by molar-refractivity contribution is 0.594. The summed E-state index contributed by atoms with van der Waals surface area (Å²) in [6.07, 6.45) is 0.864. The third-order valence-corrected chi connectivity index (χ3v) is 2.44. The van der Waals surface area contributed by atoms with Gasteiger partial charge in [0.2, 0.25) is 0 Å². The summed E-state index contributed by atoms with van der Waals surface area (Å²) in [7, 11) is 0. The van der Waals surface area contributed by atoms with Crippen LogP contribution >= 0.6 is 0 Å². The Labute approximate surface area is 89.2 Å². The Morgan fingerprint density at radius 3 is 2.87 bits per heavy atom. The van der Waals surface area contributed by atoms with E-state index in [1.807, 2.05) is 6.92 Å². The van der Waals surface area contributed by atoms with Gasteiger partial charge in [0.1, 0.15) is 5.82 Å². The molecule has 0 bridgehead atoms. The molecule has 2 rings (SSSR count). The topological polar surface area (TPSA) is 24.4 Å². The number of fused-ring (bicyclic) bond motifs is 1. The van der Waals surface area contributed by atoms with Crippen molar-refractivity contribution < 1.29 is 4.39 Å². The lowest BCUT2D eigenvalue weighted by atomic mass is 9.98. The van der Waals surface area contributed by atoms with Crippen LogP contribution in [0.15, 0.2) is 23.2 Å². The van der Waals surface area contributed by atoms with Crippen LogP contribution < -0.4 is 5.32 Å². The summed E-state index contributed by atoms with van der Waals surface area (Å²) in [5, 5.41) is 3.38. The van der Waals surface area contributed by atoms with Crippen molar-refractivity contribution >= 4 is 17.1 Å². The van der Waals surface area contributed by atoms with Gasteiger partial charge in [-0.2, -0.15) is 0 Å². The van der Waals surface area contributed by atoms with Gasteiger partial charge in [0, 0.05) is 23.7 Å². The number of nitrogens with one attached hydrogen (secondary N) is 1. The van der Waals surface area contributed by atoms with Crippen LogP contribution in [0.3, 0.4) is 0 Å². The minimum Gasteiger partial charge on any atom is -0.378 e. The zero-order valence-electron chi connectivity index (χ0n) is 9.26. The summed E-state index contributed by atoms with van der Waals surface area (Å²) in [5.41, 5.74) is 2.59. The van der Waals surface area contributed by atoms with E-state index >= 15 is 0 Å². The maximum atomic E-state index is 13.0. The molecule has 0 aromatic heterocycles. The molecular weight excluding hydrogens is 191 g/mol. The van der Waals surface area contributed by atoms with Crippen molar-refractivity contribution in [3.05, 3.63) is 24.0 Å². The molecule has 1 heterocycles. The molecular formula is C12H15FN2. The van der Waals surface area contributed by atoms with Crippen molar-refractivity contribution in [3.8, 4) is 0 Å². The first kappa shape index (κ1) is 10.1. The summed E-state index contributed by atoms with van der Waals surface area (Å²) in [4.78, 5) is 4.41. The lowest BCUT2D eigenvalue weighted by Gasteiger charge is -2.25. The zero-order chi connectivity index (χ0) is 11.1. The van der Waals surface area contributed by atoms with Gasteiger partial charge in [0.25, 0.3) is 0 Å². The Morgan fingerprint density at radius 2 is 2.13 bits per heavy atom. The maximum absolute atomic E-state index is 13.0. The number of hydrogen-bond acceptors (Lipinski definition) is 2. The molecule has 0 amide bonds. The predicted octanol–water partition coefficient (Wildman–Crippen LogP) is 3.51. The van der Waals surface area contributed by atoms with E-state index in [2.05, 4.69) is 24.2 Å². The third-order valence-electron chi connectivity index (χ3n) is 2.44. The smallest absolute Gasteiger partial charge is 0.125 e. The number of benzene rings is 1. The van der Waals surface area contributed by atoms with Crippen LogP contribution in [-0.2, 0) is 0 Å². The van der Waals surface area contributed by atoms with Gasteiger partial charge in [0.05, 0.1) is 11.4 Å². The molecule has 1 aliphatic rings. The van der Waals surface area contributed by atoms with Gasteiger partial charge >= 0.3 is 0 Å². The average Bonchev–Trinajstić information content (AvgIpc) is 2.18. The Kier molecular flexibility index (Phi) is 2.25. The number of aliphatic imine (C=N–C) groups is 1. The van der Waals surface area contributed by atoms with Gasteiger partial charge in [-0.25, -0.2) is 4.39 Å². The van der Waals surface area contributed by atoms with Gasteiger partial charge in [-0.3, -0.25) is 4.99 Å². The Morgan fingerprint density at radius 1 is 1.40 bits per heavy atom. The molecule has 80 valence electrons. The van der Waals surface area contributed by atoms with Crippen molar-refractivity contribution in [3.63, 3.8) is 0 Å². The van der Waals surface area contributed by atoms with Gasteiger partial charge in [-0.15, -0.1) is 0 Å². The third kappa shape index (κ3) is 2.17. The molecule has 0 fully saturated rings. The minimum absolute atomic E-state index is 0.0311. The van der Waals surface area contributed by atoms with Crippen molar-refractivity contribution in [1.29, 1.82) is 0 Å². The summed E-state index contributed by atoms with van der Waals surface area (Å²) < 4.78 is 13.0. The quantitative estimate of drug-likeness (QED) is 0.690. The molecule has 1 N–H and O–H groups in total. The van der Waals surface area contributed by atoms with Crippen LogP contribution in [0.1, 0.15) is 27.2 Å². The zero-order valence-corrected chi connectivity index (χ0v) is 9.26. The van der Waals surface area contributed by atoms with Crippen molar-refractivity contribution in [1.82, 2.24) is 0 Å². The standard InChI is InChI=1S/C12H15FN2/c1-8-7-12(2,3)15-10-5-4-9(13)6-11(10)14-8/h4-6,15H,7H2,1-3H3. The van der Waals surface area contributed by atoms with E-state index in [0.29, 0.717) is 5.69 Å². The highest BCUT2D eigenvalue weighted by Crippen LogP contribution is 2.32. The largest absolute Gasteiger partial charge is 0.378 e. The number of anilines is 1. The number of nitrogens with zero attached hydrogens (tertiary/aromatic N) is 1. The highest BCUT2D eigenvalue weighted by atomic mass is 19.1. The van der Waals surface area contributed by atoms with Crippen LogP contribution in [0, 0.1) is 5.82 Å². The van der Waals surface area contributed by atoms with E-state index in [4.69, 9.17) is 0 Å². The maximum Gasteiger partial charge on any atom is 0.125 e. The summed E-state index contributed by atoms with van der Waals surface area (Å²) in [5.74, 6) is -0.244. The molecule has 0 aliphatic carbocycles. The molecule has 3 heteroatoms. The second kappa shape index (κ2) is 3.33. The van der Waals surface area contributed by atoms with Crippen LogP contribution in [0.4, 0.5) is 15.8 Å². The second-order valence-corrected chi connectivity index (χ2v) is 4.69. The highest BCUT2D eigenvalue weighted by molar-refractivity contribution is 5.89. The molecule has 1 aromatic carbocycles. The van der Waals surface area contributed by atoms with E-state index in [9.17, 15) is 4.39 Å². The highest BCUT2D eigenvalue weighted by Gasteiger charge is 2.22. The predicted molar refractivity (Wildman–Crippen MR) is 61.5 cm³/mol. The molecule has 0 saturated heterocycles. The van der Waals surface area contributed by atoms with Crippen LogP contribution in [0.5, 0.6) is 0 Å². The molecule has 0 radical (unpaired) electrons. The molecule has 15 heavy (non-hydrogen) atoms. The van der Waals surface area contributed by atoms with Gasteiger partial charge in [-0.1, -0.05) is 0 Å². The first-order chi connectivity index (χ1) is 6.96. The minimum atomic E-state index is -0.244. The number of hydrogen-bond donors (Lipinski definition) is 1. The van der Waals surface area contributed by atoms with E-state index in [-0.39, 0.29) is 11.4 Å². The fourth-order valence-electron chi connectivity index (χ4n) is 2.00. The summed E-state index contributed by atoms with van der Waals surface area (Å²) in [6, 6.07) is 4.67. The molecule has 0 unspecified atom stereocenters. The monoisotopic (exact) mass is 206 g/mol. The first-order valence-corrected chi connectivity index (χ1v) is 5.08. The Hall–Kier alpha value is -1.38. The van der Waals surface area contributed by atoms with Crippen LogP contribution in [-0.4, -0.2) is 11.3 Å². The lowest BCUT2D eigenvalue weighted by Crippen LogP contribution is -2.31. The van der Waals surface area contributed by atoms with E-state index in [0.717, 1.165) is 17.8 Å². The molecule has 2 nitrogen and oxygen atoms in total. The van der Waals surface area contributed by atoms with Crippen LogP contribution in [0.2, 0.25) is 0 Å². The van der Waals surface area contributed by atoms with Gasteiger partial charge in [0.15, 0.2) is 0 Å². The molecule has 1 aliphatic heterocycles. The Balaban J connectivity index is 2.52. The fraction of sp³-hybridized carbons (Fsp3) is 0.417.